The fraction of sp³-hybridized carbons (Fsp3) is 1.00. The third kappa shape index (κ3) is 12.7. The molecule has 5 heteroatoms. The summed E-state index contributed by atoms with van der Waals surface area (Å²) in [6.07, 6.45) is 11.5. The highest BCUT2D eigenvalue weighted by Gasteiger charge is 2.26. The quantitative estimate of drug-likeness (QED) is 0.332. The van der Waals surface area contributed by atoms with Gasteiger partial charge >= 0.3 is 0 Å². The molecule has 0 atom stereocenters. The Morgan fingerprint density at radius 3 is 1.71 bits per heavy atom. The van der Waals surface area contributed by atoms with Crippen LogP contribution in [0.4, 0.5) is 0 Å². The molecule has 2 heterocycles. The Balaban J connectivity index is 0.000000247. The van der Waals surface area contributed by atoms with Crippen LogP contribution in [0.25, 0.3) is 0 Å². The van der Waals surface area contributed by atoms with E-state index >= 15 is 0 Å². The summed E-state index contributed by atoms with van der Waals surface area (Å²) in [7, 11) is 0. The van der Waals surface area contributed by atoms with Crippen molar-refractivity contribution in [3.8, 4) is 0 Å². The van der Waals surface area contributed by atoms with Crippen LogP contribution in [0.3, 0.4) is 0 Å². The summed E-state index contributed by atoms with van der Waals surface area (Å²) in [5.74, 6) is 1.73. The average Bonchev–Trinajstić information content (AvgIpc) is 2.85. The van der Waals surface area contributed by atoms with Crippen molar-refractivity contribution in [3.63, 3.8) is 0 Å². The van der Waals surface area contributed by atoms with E-state index in [9.17, 15) is 0 Å². The number of hydrogen-bond donors (Lipinski definition) is 0. The lowest BCUT2D eigenvalue weighted by Crippen LogP contribution is -2.49. The maximum absolute atomic E-state index is 6.33. The first kappa shape index (κ1) is 31.0. The predicted octanol–water partition coefficient (Wildman–Crippen LogP) is 5.92. The Bertz CT molecular complexity index is 504. The minimum Gasteiger partial charge on any atom is -0.380 e. The molecular formula is C30H61N3O2. The van der Waals surface area contributed by atoms with E-state index in [0.29, 0.717) is 24.3 Å². The molecule has 1 aliphatic carbocycles. The van der Waals surface area contributed by atoms with E-state index in [1.165, 1.54) is 90.6 Å². The van der Waals surface area contributed by atoms with Gasteiger partial charge in [-0.25, -0.2) is 0 Å². The van der Waals surface area contributed by atoms with Crippen LogP contribution in [0.2, 0.25) is 0 Å². The Labute approximate surface area is 219 Å². The lowest BCUT2D eigenvalue weighted by molar-refractivity contribution is -0.0636. The van der Waals surface area contributed by atoms with Crippen molar-refractivity contribution in [2.75, 3.05) is 59.0 Å². The minimum atomic E-state index is 0.545. The van der Waals surface area contributed by atoms with E-state index in [-0.39, 0.29) is 0 Å². The normalized spacial score (nSPS) is 25.9. The summed E-state index contributed by atoms with van der Waals surface area (Å²) in [6.45, 7) is 26.2. The number of likely N-dealkylation sites (tertiary alicyclic amines) is 1. The maximum atomic E-state index is 6.33. The van der Waals surface area contributed by atoms with Gasteiger partial charge in [-0.2, -0.15) is 0 Å². The molecule has 1 saturated carbocycles. The van der Waals surface area contributed by atoms with Gasteiger partial charge < -0.3 is 14.4 Å². The van der Waals surface area contributed by atoms with Crippen LogP contribution in [0.15, 0.2) is 0 Å². The second-order valence-corrected chi connectivity index (χ2v) is 12.3. The summed E-state index contributed by atoms with van der Waals surface area (Å²) in [5, 5.41) is 0. The van der Waals surface area contributed by atoms with Crippen LogP contribution >= 0.6 is 0 Å². The standard InChI is InChI=1S/C16H31NO.C14H30N2O/c1-4-14-5-7-15(8-6-14)18-16-9-11-17(12-10-16)13(2)3;1-13(2)5-11-17-12-10-15-6-8-16(9-7-15)14(3)4/h13-16H,4-12H2,1-3H3;13-14H,5-12H2,1-4H3. The second kappa shape index (κ2) is 17.3. The molecule has 0 N–H and O–H groups in total. The van der Waals surface area contributed by atoms with Gasteiger partial charge in [0.25, 0.3) is 0 Å². The van der Waals surface area contributed by atoms with Gasteiger partial charge in [0.1, 0.15) is 0 Å². The van der Waals surface area contributed by atoms with Gasteiger partial charge in [-0.15, -0.1) is 0 Å². The lowest BCUT2D eigenvalue weighted by Gasteiger charge is -2.37. The van der Waals surface area contributed by atoms with E-state index in [1.807, 2.05) is 0 Å². The van der Waals surface area contributed by atoms with Crippen LogP contribution in [-0.2, 0) is 9.47 Å². The van der Waals surface area contributed by atoms with Crippen molar-refractivity contribution in [2.45, 2.75) is 124 Å². The maximum Gasteiger partial charge on any atom is 0.0603 e. The number of rotatable bonds is 11. The Morgan fingerprint density at radius 1 is 0.657 bits per heavy atom. The molecule has 0 bridgehead atoms. The summed E-state index contributed by atoms with van der Waals surface area (Å²) < 4.78 is 12.0. The van der Waals surface area contributed by atoms with E-state index in [4.69, 9.17) is 9.47 Å². The molecule has 0 unspecified atom stereocenters. The highest BCUT2D eigenvalue weighted by molar-refractivity contribution is 4.78. The Morgan fingerprint density at radius 2 is 1.20 bits per heavy atom. The third-order valence-corrected chi connectivity index (χ3v) is 8.49. The molecule has 35 heavy (non-hydrogen) atoms. The van der Waals surface area contributed by atoms with E-state index in [2.05, 4.69) is 63.2 Å². The van der Waals surface area contributed by atoms with Crippen LogP contribution < -0.4 is 0 Å². The fourth-order valence-corrected chi connectivity index (χ4v) is 5.59. The molecule has 0 amide bonds. The molecule has 208 valence electrons. The van der Waals surface area contributed by atoms with Crippen molar-refractivity contribution < 1.29 is 9.47 Å². The van der Waals surface area contributed by atoms with Crippen molar-refractivity contribution in [1.82, 2.24) is 14.7 Å². The zero-order valence-electron chi connectivity index (χ0n) is 24.6. The largest absolute Gasteiger partial charge is 0.380 e. The topological polar surface area (TPSA) is 28.2 Å². The second-order valence-electron chi connectivity index (χ2n) is 12.3. The fourth-order valence-electron chi connectivity index (χ4n) is 5.59. The number of piperazine rings is 1. The molecular weight excluding hydrogens is 434 g/mol. The first-order chi connectivity index (χ1) is 16.8. The summed E-state index contributed by atoms with van der Waals surface area (Å²) in [6, 6.07) is 1.39. The van der Waals surface area contributed by atoms with Crippen LogP contribution in [0.1, 0.15) is 99.8 Å². The molecule has 3 rings (SSSR count). The molecule has 0 radical (unpaired) electrons. The molecule has 0 aromatic carbocycles. The first-order valence-electron chi connectivity index (χ1n) is 15.2. The molecule has 0 spiro atoms. The zero-order chi connectivity index (χ0) is 25.6. The molecule has 0 aromatic heterocycles. The number of hydrogen-bond acceptors (Lipinski definition) is 5. The molecule has 3 aliphatic rings. The lowest BCUT2D eigenvalue weighted by atomic mass is 9.85. The number of ether oxygens (including phenoxy) is 2. The minimum absolute atomic E-state index is 0.545. The van der Waals surface area contributed by atoms with Crippen LogP contribution in [0, 0.1) is 11.8 Å². The number of nitrogens with zero attached hydrogens (tertiary/aromatic N) is 3. The molecule has 2 aliphatic heterocycles. The van der Waals surface area contributed by atoms with E-state index in [1.54, 1.807) is 0 Å². The smallest absolute Gasteiger partial charge is 0.0603 e. The van der Waals surface area contributed by atoms with Crippen LogP contribution in [0.5, 0.6) is 0 Å². The van der Waals surface area contributed by atoms with Gasteiger partial charge in [0.05, 0.1) is 18.8 Å². The van der Waals surface area contributed by atoms with Gasteiger partial charge in [-0.1, -0.05) is 27.2 Å². The predicted molar refractivity (Wildman–Crippen MR) is 150 cm³/mol. The summed E-state index contributed by atoms with van der Waals surface area (Å²) in [4.78, 5) is 7.65. The van der Waals surface area contributed by atoms with Gasteiger partial charge in [0, 0.05) is 64.5 Å². The molecule has 0 aromatic rings. The molecule has 2 saturated heterocycles. The van der Waals surface area contributed by atoms with E-state index in [0.717, 1.165) is 31.6 Å². The van der Waals surface area contributed by atoms with Gasteiger partial charge in [0.2, 0.25) is 0 Å². The van der Waals surface area contributed by atoms with Crippen molar-refractivity contribution in [1.29, 1.82) is 0 Å². The first-order valence-corrected chi connectivity index (χ1v) is 15.2. The van der Waals surface area contributed by atoms with E-state index < -0.39 is 0 Å². The summed E-state index contributed by atoms with van der Waals surface area (Å²) in [5.41, 5.74) is 0. The van der Waals surface area contributed by atoms with Crippen molar-refractivity contribution >= 4 is 0 Å². The monoisotopic (exact) mass is 495 g/mol. The van der Waals surface area contributed by atoms with Gasteiger partial charge in [0.15, 0.2) is 0 Å². The number of piperidine rings is 1. The average molecular weight is 496 g/mol. The highest BCUT2D eigenvalue weighted by Crippen LogP contribution is 2.30. The zero-order valence-corrected chi connectivity index (χ0v) is 24.6. The van der Waals surface area contributed by atoms with Crippen molar-refractivity contribution in [2.24, 2.45) is 11.8 Å². The Kier molecular flexibility index (Phi) is 15.4. The highest BCUT2D eigenvalue weighted by atomic mass is 16.5. The Hall–Kier alpha value is -0.200. The van der Waals surface area contributed by atoms with Crippen molar-refractivity contribution in [3.05, 3.63) is 0 Å². The molecule has 3 fully saturated rings. The summed E-state index contributed by atoms with van der Waals surface area (Å²) >= 11 is 0. The SMILES string of the molecule is CC(C)CCOCCN1CCN(C(C)C)CC1.CCC1CCC(OC2CCN(C(C)C)CC2)CC1. The van der Waals surface area contributed by atoms with Gasteiger partial charge in [-0.3, -0.25) is 9.80 Å². The molecule has 5 nitrogen and oxygen atoms in total. The third-order valence-electron chi connectivity index (χ3n) is 8.49. The van der Waals surface area contributed by atoms with Gasteiger partial charge in [-0.05, 0) is 84.5 Å². The van der Waals surface area contributed by atoms with Crippen LogP contribution in [-0.4, -0.2) is 98.0 Å².